The van der Waals surface area contributed by atoms with E-state index < -0.39 is 6.10 Å². The van der Waals surface area contributed by atoms with Gasteiger partial charge in [0.15, 0.2) is 0 Å². The fourth-order valence-electron chi connectivity index (χ4n) is 3.71. The molecule has 1 aromatic carbocycles. The van der Waals surface area contributed by atoms with E-state index in [1.54, 1.807) is 25.6 Å². The summed E-state index contributed by atoms with van der Waals surface area (Å²) in [5.41, 5.74) is 0.755. The highest BCUT2D eigenvalue weighted by atomic mass is 32.1. The Bertz CT molecular complexity index is 653. The lowest BCUT2D eigenvalue weighted by Gasteiger charge is -2.26. The van der Waals surface area contributed by atoms with Gasteiger partial charge in [-0.1, -0.05) is 18.9 Å². The summed E-state index contributed by atoms with van der Waals surface area (Å²) in [4.78, 5) is 1.36. The van der Waals surface area contributed by atoms with E-state index >= 15 is 0 Å². The first-order chi connectivity index (χ1) is 12.2. The Morgan fingerprint density at radius 1 is 1.20 bits per heavy atom. The zero-order chi connectivity index (χ0) is 17.6. The van der Waals surface area contributed by atoms with Crippen LogP contribution in [0.5, 0.6) is 11.5 Å². The highest BCUT2D eigenvalue weighted by Gasteiger charge is 2.27. The van der Waals surface area contributed by atoms with Gasteiger partial charge in [0.05, 0.1) is 20.3 Å². The van der Waals surface area contributed by atoms with Gasteiger partial charge in [-0.2, -0.15) is 0 Å². The van der Waals surface area contributed by atoms with Gasteiger partial charge in [-0.15, -0.1) is 11.3 Å². The van der Waals surface area contributed by atoms with Crippen LogP contribution in [0.25, 0.3) is 0 Å². The molecule has 5 heteroatoms. The maximum absolute atomic E-state index is 10.7. The average Bonchev–Trinajstić information content (AvgIpc) is 3.35. The summed E-state index contributed by atoms with van der Waals surface area (Å²) < 4.78 is 10.7. The predicted molar refractivity (Wildman–Crippen MR) is 102 cm³/mol. The molecule has 0 spiro atoms. The molecule has 2 aromatic rings. The van der Waals surface area contributed by atoms with E-state index in [-0.39, 0.29) is 0 Å². The van der Waals surface area contributed by atoms with Gasteiger partial charge < -0.3 is 19.9 Å². The van der Waals surface area contributed by atoms with Crippen molar-refractivity contribution in [1.29, 1.82) is 0 Å². The Labute approximate surface area is 153 Å². The van der Waals surface area contributed by atoms with Crippen molar-refractivity contribution < 1.29 is 14.6 Å². The molecule has 1 aliphatic carbocycles. The van der Waals surface area contributed by atoms with Crippen LogP contribution in [0.3, 0.4) is 0 Å². The van der Waals surface area contributed by atoms with Crippen LogP contribution in [0.1, 0.15) is 48.3 Å². The molecule has 0 amide bonds. The van der Waals surface area contributed by atoms with Gasteiger partial charge >= 0.3 is 0 Å². The third-order valence-corrected chi connectivity index (χ3v) is 6.00. The molecular formula is C20H27NO3S. The van der Waals surface area contributed by atoms with E-state index in [9.17, 15) is 5.11 Å². The highest BCUT2D eigenvalue weighted by molar-refractivity contribution is 7.10. The number of rotatable bonds is 8. The molecule has 2 atom stereocenters. The number of ether oxygens (including phenoxy) is 2. The SMILES string of the molecule is COc1ccc(OC)c(C(O)CNC(c2cccs2)C2CCCC2)c1. The smallest absolute Gasteiger partial charge is 0.124 e. The number of hydrogen-bond acceptors (Lipinski definition) is 5. The number of aliphatic hydroxyl groups is 1. The van der Waals surface area contributed by atoms with E-state index in [2.05, 4.69) is 22.8 Å². The number of aliphatic hydroxyl groups excluding tert-OH is 1. The summed E-state index contributed by atoms with van der Waals surface area (Å²) in [6.45, 7) is 0.489. The van der Waals surface area contributed by atoms with Crippen molar-refractivity contribution in [2.45, 2.75) is 37.8 Å². The summed E-state index contributed by atoms with van der Waals surface area (Å²) in [6.07, 6.45) is 4.48. The topological polar surface area (TPSA) is 50.7 Å². The van der Waals surface area contributed by atoms with Crippen LogP contribution in [0.2, 0.25) is 0 Å². The molecule has 1 aliphatic rings. The summed E-state index contributed by atoms with van der Waals surface area (Å²) in [5, 5.41) is 16.5. The van der Waals surface area contributed by atoms with Crippen LogP contribution < -0.4 is 14.8 Å². The zero-order valence-corrected chi connectivity index (χ0v) is 15.7. The molecule has 0 aliphatic heterocycles. The normalized spacial score (nSPS) is 17.4. The van der Waals surface area contributed by atoms with Crippen LogP contribution in [0.4, 0.5) is 0 Å². The average molecular weight is 362 g/mol. The van der Waals surface area contributed by atoms with Gasteiger partial charge in [-0.3, -0.25) is 0 Å². The Kier molecular flexibility index (Phi) is 6.34. The minimum atomic E-state index is -0.645. The Morgan fingerprint density at radius 3 is 2.64 bits per heavy atom. The zero-order valence-electron chi connectivity index (χ0n) is 14.9. The molecule has 25 heavy (non-hydrogen) atoms. The molecule has 1 saturated carbocycles. The fourth-order valence-corrected chi connectivity index (χ4v) is 4.60. The van der Waals surface area contributed by atoms with Crippen molar-refractivity contribution in [2.24, 2.45) is 5.92 Å². The maximum atomic E-state index is 10.7. The molecule has 1 heterocycles. The highest BCUT2D eigenvalue weighted by Crippen LogP contribution is 2.38. The van der Waals surface area contributed by atoms with Crippen LogP contribution >= 0.6 is 11.3 Å². The number of benzene rings is 1. The third-order valence-electron chi connectivity index (χ3n) is 5.05. The molecule has 2 unspecified atom stereocenters. The number of methoxy groups -OCH3 is 2. The molecular weight excluding hydrogens is 334 g/mol. The van der Waals surface area contributed by atoms with Crippen molar-refractivity contribution in [2.75, 3.05) is 20.8 Å². The second kappa shape index (κ2) is 8.70. The monoisotopic (exact) mass is 361 g/mol. The third kappa shape index (κ3) is 4.35. The first-order valence-corrected chi connectivity index (χ1v) is 9.77. The predicted octanol–water partition coefficient (Wildman–Crippen LogP) is 4.32. The van der Waals surface area contributed by atoms with Crippen molar-refractivity contribution in [3.63, 3.8) is 0 Å². The van der Waals surface area contributed by atoms with E-state index in [0.717, 1.165) is 11.3 Å². The van der Waals surface area contributed by atoms with Gasteiger partial charge in [0.1, 0.15) is 11.5 Å². The van der Waals surface area contributed by atoms with Crippen molar-refractivity contribution >= 4 is 11.3 Å². The van der Waals surface area contributed by atoms with Crippen molar-refractivity contribution in [3.8, 4) is 11.5 Å². The van der Waals surface area contributed by atoms with E-state index in [0.29, 0.717) is 24.3 Å². The van der Waals surface area contributed by atoms with Gasteiger partial charge in [0.2, 0.25) is 0 Å². The lowest BCUT2D eigenvalue weighted by atomic mass is 9.96. The van der Waals surface area contributed by atoms with Gasteiger partial charge in [0.25, 0.3) is 0 Å². The van der Waals surface area contributed by atoms with Crippen LogP contribution in [-0.2, 0) is 0 Å². The molecule has 2 N–H and O–H groups in total. The van der Waals surface area contributed by atoms with Crippen LogP contribution in [-0.4, -0.2) is 25.9 Å². The van der Waals surface area contributed by atoms with E-state index in [1.165, 1.54) is 30.6 Å². The molecule has 4 nitrogen and oxygen atoms in total. The molecule has 1 fully saturated rings. The van der Waals surface area contributed by atoms with Crippen molar-refractivity contribution in [1.82, 2.24) is 5.32 Å². The standard InChI is InChI=1S/C20H27NO3S/c1-23-15-9-10-18(24-2)16(12-15)17(22)13-21-20(14-6-3-4-7-14)19-8-5-11-25-19/h5,8-12,14,17,20-22H,3-4,6-7,13H2,1-2H3. The summed E-state index contributed by atoms with van der Waals surface area (Å²) in [6, 6.07) is 10.1. The first kappa shape index (κ1) is 18.2. The minimum Gasteiger partial charge on any atom is -0.497 e. The minimum absolute atomic E-state index is 0.314. The van der Waals surface area contributed by atoms with Crippen molar-refractivity contribution in [3.05, 3.63) is 46.2 Å². The Hall–Kier alpha value is -1.56. The van der Waals surface area contributed by atoms with E-state index in [1.807, 2.05) is 18.2 Å². The lowest BCUT2D eigenvalue weighted by molar-refractivity contribution is 0.160. The van der Waals surface area contributed by atoms with Crippen LogP contribution in [0.15, 0.2) is 35.7 Å². The first-order valence-electron chi connectivity index (χ1n) is 8.89. The second-order valence-electron chi connectivity index (χ2n) is 6.57. The second-order valence-corrected chi connectivity index (χ2v) is 7.55. The summed E-state index contributed by atoms with van der Waals surface area (Å²) >= 11 is 1.79. The van der Waals surface area contributed by atoms with Gasteiger partial charge in [-0.25, -0.2) is 0 Å². The molecule has 0 saturated heterocycles. The molecule has 0 radical (unpaired) electrons. The lowest BCUT2D eigenvalue weighted by Crippen LogP contribution is -2.30. The molecule has 136 valence electrons. The number of nitrogens with one attached hydrogen (secondary N) is 1. The van der Waals surface area contributed by atoms with Gasteiger partial charge in [-0.05, 0) is 48.4 Å². The summed E-state index contributed by atoms with van der Waals surface area (Å²) in [5.74, 6) is 2.06. The quantitative estimate of drug-likeness (QED) is 0.735. The molecule has 3 rings (SSSR count). The molecule has 1 aromatic heterocycles. The Morgan fingerprint density at radius 2 is 2.00 bits per heavy atom. The fraction of sp³-hybridized carbons (Fsp3) is 0.500. The maximum Gasteiger partial charge on any atom is 0.124 e. The largest absolute Gasteiger partial charge is 0.497 e. The molecule has 0 bridgehead atoms. The number of thiophene rings is 1. The Balaban J connectivity index is 1.72. The van der Waals surface area contributed by atoms with Crippen LogP contribution in [0, 0.1) is 5.92 Å². The number of hydrogen-bond donors (Lipinski definition) is 2. The summed E-state index contributed by atoms with van der Waals surface area (Å²) in [7, 11) is 3.25. The van der Waals surface area contributed by atoms with Gasteiger partial charge in [0, 0.05) is 23.0 Å². The van der Waals surface area contributed by atoms with E-state index in [4.69, 9.17) is 9.47 Å².